The number of carbonyl (C=O) groups is 1. The molecule has 0 aliphatic heterocycles. The third kappa shape index (κ3) is 3.08. The Morgan fingerprint density at radius 3 is 2.79 bits per heavy atom. The Hall–Kier alpha value is -1.52. The van der Waals surface area contributed by atoms with E-state index in [1.165, 1.54) is 0 Å². The van der Waals surface area contributed by atoms with Gasteiger partial charge in [0.2, 0.25) is 5.75 Å². The zero-order valence-corrected chi connectivity index (χ0v) is 11.7. The van der Waals surface area contributed by atoms with Crippen LogP contribution >= 0.6 is 23.2 Å². The normalized spacial score (nSPS) is 10.5. The van der Waals surface area contributed by atoms with Crippen molar-refractivity contribution in [2.24, 2.45) is 0 Å². The van der Waals surface area contributed by atoms with Crippen LogP contribution in [0.4, 0.5) is 4.79 Å². The fourth-order valence-corrected chi connectivity index (χ4v) is 2.01. The minimum atomic E-state index is -0.936. The van der Waals surface area contributed by atoms with E-state index < -0.39 is 5.43 Å². The highest BCUT2D eigenvalue weighted by molar-refractivity contribution is 6.61. The Balaban J connectivity index is 2.51. The van der Waals surface area contributed by atoms with Crippen LogP contribution in [0.1, 0.15) is 19.1 Å². The van der Waals surface area contributed by atoms with Crippen LogP contribution in [0.25, 0.3) is 11.3 Å². The second kappa shape index (κ2) is 6.08. The molecule has 0 fully saturated rings. The summed E-state index contributed by atoms with van der Waals surface area (Å²) in [5, 5.41) is 4.41. The van der Waals surface area contributed by atoms with Gasteiger partial charge in [-0.15, -0.1) is 0 Å². The first-order valence-electron chi connectivity index (χ1n) is 5.74. The lowest BCUT2D eigenvalue weighted by Crippen LogP contribution is -1.99. The van der Waals surface area contributed by atoms with Crippen LogP contribution in [-0.2, 0) is 6.42 Å². The third-order valence-corrected chi connectivity index (χ3v) is 2.91. The topological polar surface area (TPSA) is 52.3 Å². The second-order valence-electron chi connectivity index (χ2n) is 3.85. The molecule has 0 saturated heterocycles. The highest BCUT2D eigenvalue weighted by atomic mass is 35.5. The lowest BCUT2D eigenvalue weighted by Gasteiger charge is -2.03. The third-order valence-electron chi connectivity index (χ3n) is 2.50. The van der Waals surface area contributed by atoms with E-state index in [1.807, 2.05) is 13.0 Å². The Morgan fingerprint density at radius 1 is 1.42 bits per heavy atom. The predicted octanol–water partition coefficient (Wildman–Crippen LogP) is 4.69. The standard InChI is InChI=1S/C13H11Cl2NO3/c1-2-5-10-12(18-13(15)17)11(16-19-10)8-6-3-4-7-9(8)14/h3-4,6-7H,2,5H2,1H3. The first-order valence-corrected chi connectivity index (χ1v) is 6.49. The highest BCUT2D eigenvalue weighted by Crippen LogP contribution is 2.37. The first kappa shape index (κ1) is 13.9. The van der Waals surface area contributed by atoms with E-state index in [9.17, 15) is 4.79 Å². The van der Waals surface area contributed by atoms with Gasteiger partial charge >= 0.3 is 5.43 Å². The van der Waals surface area contributed by atoms with Gasteiger partial charge in [0.05, 0.1) is 5.02 Å². The van der Waals surface area contributed by atoms with E-state index in [0.717, 1.165) is 6.42 Å². The zero-order chi connectivity index (χ0) is 13.8. The summed E-state index contributed by atoms with van der Waals surface area (Å²) in [7, 11) is 0. The smallest absolute Gasteiger partial charge is 0.408 e. The van der Waals surface area contributed by atoms with Crippen molar-refractivity contribution in [1.29, 1.82) is 0 Å². The molecule has 0 spiro atoms. The lowest BCUT2D eigenvalue weighted by atomic mass is 10.1. The highest BCUT2D eigenvalue weighted by Gasteiger charge is 2.22. The molecule has 4 nitrogen and oxygen atoms in total. The van der Waals surface area contributed by atoms with Crippen LogP contribution in [0.3, 0.4) is 0 Å². The number of halogens is 2. The molecule has 0 amide bonds. The number of aromatic nitrogens is 1. The van der Waals surface area contributed by atoms with Gasteiger partial charge < -0.3 is 9.26 Å². The Labute approximate surface area is 120 Å². The molecule has 2 aromatic rings. The number of aryl methyl sites for hydroxylation is 1. The lowest BCUT2D eigenvalue weighted by molar-refractivity contribution is 0.224. The van der Waals surface area contributed by atoms with E-state index in [1.54, 1.807) is 18.2 Å². The van der Waals surface area contributed by atoms with Crippen LogP contribution in [0.15, 0.2) is 28.8 Å². The molecule has 19 heavy (non-hydrogen) atoms. The molecule has 2 rings (SSSR count). The van der Waals surface area contributed by atoms with Gasteiger partial charge in [-0.2, -0.15) is 0 Å². The van der Waals surface area contributed by atoms with Crippen LogP contribution in [0.5, 0.6) is 5.75 Å². The van der Waals surface area contributed by atoms with E-state index in [0.29, 0.717) is 28.5 Å². The summed E-state index contributed by atoms with van der Waals surface area (Å²) in [5.74, 6) is 0.710. The summed E-state index contributed by atoms with van der Waals surface area (Å²) < 4.78 is 10.2. The Bertz CT molecular complexity index is 595. The second-order valence-corrected chi connectivity index (χ2v) is 4.57. The summed E-state index contributed by atoms with van der Waals surface area (Å²) in [4.78, 5) is 11.0. The van der Waals surface area contributed by atoms with Crippen LogP contribution in [0, 0.1) is 0 Å². The average molecular weight is 300 g/mol. The number of ether oxygens (including phenoxy) is 1. The number of rotatable bonds is 4. The van der Waals surface area contributed by atoms with Gasteiger partial charge in [-0.1, -0.05) is 41.9 Å². The Kier molecular flexibility index (Phi) is 4.45. The molecule has 0 bridgehead atoms. The van der Waals surface area contributed by atoms with Gasteiger partial charge in [0.25, 0.3) is 0 Å². The number of benzene rings is 1. The molecule has 0 radical (unpaired) electrons. The predicted molar refractivity (Wildman–Crippen MR) is 72.8 cm³/mol. The average Bonchev–Trinajstić information content (AvgIpc) is 2.73. The molecule has 6 heteroatoms. The van der Waals surface area contributed by atoms with Crippen LogP contribution in [0.2, 0.25) is 5.02 Å². The molecule has 0 aliphatic rings. The number of nitrogens with zero attached hydrogens (tertiary/aromatic N) is 1. The van der Waals surface area contributed by atoms with Crippen molar-refractivity contribution in [3.8, 4) is 17.0 Å². The summed E-state index contributed by atoms with van der Waals surface area (Å²) >= 11 is 11.4. The summed E-state index contributed by atoms with van der Waals surface area (Å²) in [6.45, 7) is 1.98. The fourth-order valence-electron chi connectivity index (χ4n) is 1.71. The van der Waals surface area contributed by atoms with Crippen molar-refractivity contribution in [2.45, 2.75) is 19.8 Å². The summed E-state index contributed by atoms with van der Waals surface area (Å²) in [6.07, 6.45) is 1.42. The summed E-state index contributed by atoms with van der Waals surface area (Å²) in [6, 6.07) is 7.09. The molecular formula is C13H11Cl2NO3. The number of hydrogen-bond donors (Lipinski definition) is 0. The van der Waals surface area contributed by atoms with Crippen LogP contribution < -0.4 is 4.74 Å². The summed E-state index contributed by atoms with van der Waals surface area (Å²) in [5.41, 5.74) is 0.0695. The maximum absolute atomic E-state index is 11.0. The van der Waals surface area contributed by atoms with Gasteiger partial charge in [0, 0.05) is 23.6 Å². The number of hydrogen-bond acceptors (Lipinski definition) is 4. The van der Waals surface area contributed by atoms with Gasteiger partial charge in [-0.25, -0.2) is 4.79 Å². The quantitative estimate of drug-likeness (QED) is 0.769. The molecule has 1 aromatic heterocycles. The van der Waals surface area contributed by atoms with Gasteiger partial charge in [0.15, 0.2) is 11.5 Å². The fraction of sp³-hybridized carbons (Fsp3) is 0.231. The minimum absolute atomic E-state index is 0.231. The van der Waals surface area contributed by atoms with Crippen molar-refractivity contribution >= 4 is 28.6 Å². The van der Waals surface area contributed by atoms with Gasteiger partial charge in [-0.3, -0.25) is 0 Å². The van der Waals surface area contributed by atoms with Gasteiger partial charge in [0.1, 0.15) is 0 Å². The van der Waals surface area contributed by atoms with Crippen molar-refractivity contribution in [3.63, 3.8) is 0 Å². The van der Waals surface area contributed by atoms with E-state index in [4.69, 9.17) is 32.5 Å². The SMILES string of the molecule is CCCc1onc(-c2ccccc2Cl)c1OC(=O)Cl. The molecule has 0 saturated carbocycles. The number of carbonyl (C=O) groups excluding carboxylic acids is 1. The largest absolute Gasteiger partial charge is 0.409 e. The van der Waals surface area contributed by atoms with Crippen LogP contribution in [-0.4, -0.2) is 10.6 Å². The molecular weight excluding hydrogens is 289 g/mol. The molecule has 0 atom stereocenters. The first-order chi connectivity index (χ1) is 9.13. The minimum Gasteiger partial charge on any atom is -0.408 e. The van der Waals surface area contributed by atoms with E-state index in [2.05, 4.69) is 5.16 Å². The molecule has 1 heterocycles. The molecule has 0 unspecified atom stereocenters. The maximum atomic E-state index is 11.0. The Morgan fingerprint density at radius 2 is 2.16 bits per heavy atom. The maximum Gasteiger partial charge on any atom is 0.409 e. The molecule has 100 valence electrons. The van der Waals surface area contributed by atoms with E-state index >= 15 is 0 Å². The van der Waals surface area contributed by atoms with Gasteiger partial charge in [-0.05, 0) is 12.5 Å². The molecule has 1 aromatic carbocycles. The van der Waals surface area contributed by atoms with Crippen molar-refractivity contribution in [3.05, 3.63) is 35.0 Å². The molecule has 0 aliphatic carbocycles. The van der Waals surface area contributed by atoms with Crippen molar-refractivity contribution < 1.29 is 14.1 Å². The monoisotopic (exact) mass is 299 g/mol. The molecule has 0 N–H and O–H groups in total. The van der Waals surface area contributed by atoms with Crippen molar-refractivity contribution in [2.75, 3.05) is 0 Å². The van der Waals surface area contributed by atoms with E-state index in [-0.39, 0.29) is 5.75 Å². The zero-order valence-electron chi connectivity index (χ0n) is 10.2. The van der Waals surface area contributed by atoms with Crippen molar-refractivity contribution in [1.82, 2.24) is 5.16 Å².